The van der Waals surface area contributed by atoms with E-state index in [4.69, 9.17) is 0 Å². The zero-order valence-electron chi connectivity index (χ0n) is 17.9. The molecule has 0 aromatic heterocycles. The molecule has 162 valence electrons. The van der Waals surface area contributed by atoms with E-state index in [2.05, 4.69) is 19.1 Å². The molecule has 0 amide bonds. The van der Waals surface area contributed by atoms with Crippen molar-refractivity contribution >= 4 is 0 Å². The van der Waals surface area contributed by atoms with Gasteiger partial charge in [-0.25, -0.2) is 13.2 Å². The second kappa shape index (κ2) is 11.2. The van der Waals surface area contributed by atoms with Crippen molar-refractivity contribution in [3.63, 3.8) is 0 Å². The van der Waals surface area contributed by atoms with Gasteiger partial charge in [0, 0.05) is 0 Å². The average molecular weight is 407 g/mol. The number of hydrogen-bond donors (Lipinski definition) is 0. The average Bonchev–Trinajstić information content (AvgIpc) is 2.74. The van der Waals surface area contributed by atoms with Gasteiger partial charge >= 0.3 is 0 Å². The highest BCUT2D eigenvalue weighted by Gasteiger charge is 2.26. The Labute approximate surface area is 175 Å². The molecule has 1 aromatic rings. The second-order valence-corrected chi connectivity index (χ2v) is 9.48. The minimum absolute atomic E-state index is 0.173. The first kappa shape index (κ1) is 22.4. The summed E-state index contributed by atoms with van der Waals surface area (Å²) in [5.74, 6) is -0.760. The summed E-state index contributed by atoms with van der Waals surface area (Å²) >= 11 is 0. The van der Waals surface area contributed by atoms with Crippen LogP contribution in [0.25, 0.3) is 0 Å². The van der Waals surface area contributed by atoms with Gasteiger partial charge in [-0.1, -0.05) is 51.2 Å². The number of benzene rings is 1. The van der Waals surface area contributed by atoms with E-state index in [1.807, 2.05) is 0 Å². The molecule has 0 atom stereocenters. The Bertz CT molecular complexity index is 627. The third-order valence-corrected chi connectivity index (χ3v) is 7.37. The van der Waals surface area contributed by atoms with Crippen molar-refractivity contribution in [3.05, 3.63) is 47.3 Å². The summed E-state index contributed by atoms with van der Waals surface area (Å²) in [6.45, 7) is 2.23. The molecule has 0 aliphatic heterocycles. The normalized spacial score (nSPS) is 28.1. The first-order chi connectivity index (χ1) is 14.1. The van der Waals surface area contributed by atoms with Gasteiger partial charge in [-0.3, -0.25) is 0 Å². The molecular formula is C26H37F3. The van der Waals surface area contributed by atoms with Crippen LogP contribution in [-0.2, 0) is 0 Å². The Morgan fingerprint density at radius 2 is 1.28 bits per heavy atom. The highest BCUT2D eigenvalue weighted by Crippen LogP contribution is 2.40. The van der Waals surface area contributed by atoms with Gasteiger partial charge in [-0.05, 0) is 92.7 Å². The molecule has 0 heterocycles. The van der Waals surface area contributed by atoms with Crippen LogP contribution in [0.5, 0.6) is 0 Å². The molecule has 3 rings (SSSR count). The molecule has 2 fully saturated rings. The van der Waals surface area contributed by atoms with Crippen LogP contribution in [0.2, 0.25) is 0 Å². The summed E-state index contributed by atoms with van der Waals surface area (Å²) in [5, 5.41) is 0. The molecule has 0 radical (unpaired) electrons. The van der Waals surface area contributed by atoms with Crippen LogP contribution < -0.4 is 0 Å². The maximum Gasteiger partial charge on any atom is 0.194 e. The maximum absolute atomic E-state index is 13.5. The zero-order valence-corrected chi connectivity index (χ0v) is 17.9. The zero-order chi connectivity index (χ0) is 20.6. The van der Waals surface area contributed by atoms with E-state index >= 15 is 0 Å². The summed E-state index contributed by atoms with van der Waals surface area (Å²) < 4.78 is 40.2. The lowest BCUT2D eigenvalue weighted by Crippen LogP contribution is -2.18. The fourth-order valence-electron chi connectivity index (χ4n) is 5.40. The highest BCUT2D eigenvalue weighted by molar-refractivity contribution is 5.23. The van der Waals surface area contributed by atoms with Crippen LogP contribution in [0.1, 0.15) is 102 Å². The summed E-state index contributed by atoms with van der Waals surface area (Å²) in [6, 6.07) is 2.39. The highest BCUT2D eigenvalue weighted by atomic mass is 19.2. The first-order valence-corrected chi connectivity index (χ1v) is 11.9. The molecule has 0 nitrogen and oxygen atoms in total. The van der Waals surface area contributed by atoms with E-state index in [0.717, 1.165) is 43.4 Å². The van der Waals surface area contributed by atoms with E-state index in [-0.39, 0.29) is 5.92 Å². The van der Waals surface area contributed by atoms with Gasteiger partial charge in [0.1, 0.15) is 0 Å². The van der Waals surface area contributed by atoms with Gasteiger partial charge < -0.3 is 0 Å². The van der Waals surface area contributed by atoms with Crippen molar-refractivity contribution in [2.45, 2.75) is 96.3 Å². The van der Waals surface area contributed by atoms with Gasteiger partial charge in [0.2, 0.25) is 0 Å². The van der Waals surface area contributed by atoms with Gasteiger partial charge in [-0.2, -0.15) is 0 Å². The smallest absolute Gasteiger partial charge is 0.194 e. The van der Waals surface area contributed by atoms with E-state index in [0.29, 0.717) is 5.56 Å². The van der Waals surface area contributed by atoms with Crippen LogP contribution in [0, 0.1) is 35.2 Å². The third kappa shape index (κ3) is 6.62. The Morgan fingerprint density at radius 3 is 1.83 bits per heavy atom. The van der Waals surface area contributed by atoms with Crippen molar-refractivity contribution in [1.29, 1.82) is 0 Å². The maximum atomic E-state index is 13.5. The lowest BCUT2D eigenvalue weighted by molar-refractivity contribution is 0.231. The number of halogens is 3. The lowest BCUT2D eigenvalue weighted by atomic mass is 9.74. The molecule has 0 saturated heterocycles. The van der Waals surface area contributed by atoms with Gasteiger partial charge in [-0.15, -0.1) is 0 Å². The molecule has 0 bridgehead atoms. The van der Waals surface area contributed by atoms with Gasteiger partial charge in [0.15, 0.2) is 17.5 Å². The predicted molar refractivity (Wildman–Crippen MR) is 114 cm³/mol. The number of rotatable bonds is 8. The van der Waals surface area contributed by atoms with Crippen molar-refractivity contribution in [2.75, 3.05) is 0 Å². The molecule has 3 heteroatoms. The third-order valence-electron chi connectivity index (χ3n) is 7.37. The van der Waals surface area contributed by atoms with E-state index in [1.54, 1.807) is 0 Å². The van der Waals surface area contributed by atoms with Crippen molar-refractivity contribution in [2.24, 2.45) is 17.8 Å². The molecule has 2 aliphatic rings. The van der Waals surface area contributed by atoms with E-state index in [9.17, 15) is 13.2 Å². The van der Waals surface area contributed by atoms with Crippen molar-refractivity contribution in [3.8, 4) is 0 Å². The number of hydrogen-bond acceptors (Lipinski definition) is 0. The topological polar surface area (TPSA) is 0 Å². The molecular weight excluding hydrogens is 369 g/mol. The number of allylic oxidation sites excluding steroid dienone is 2. The summed E-state index contributed by atoms with van der Waals surface area (Å²) in [5.41, 5.74) is 0.631. The second-order valence-electron chi connectivity index (χ2n) is 9.48. The van der Waals surface area contributed by atoms with Crippen LogP contribution in [0.3, 0.4) is 0 Å². The fraction of sp³-hybridized carbons (Fsp3) is 0.692. The molecule has 1 aromatic carbocycles. The molecule has 29 heavy (non-hydrogen) atoms. The quantitative estimate of drug-likeness (QED) is 0.299. The summed E-state index contributed by atoms with van der Waals surface area (Å²) in [7, 11) is 0. The Balaban J connectivity index is 1.35. The number of unbranched alkanes of at least 4 members (excludes halogenated alkanes) is 1. The fourth-order valence-corrected chi connectivity index (χ4v) is 5.40. The van der Waals surface area contributed by atoms with Crippen LogP contribution in [0.15, 0.2) is 24.3 Å². The monoisotopic (exact) mass is 406 g/mol. The van der Waals surface area contributed by atoms with Crippen molar-refractivity contribution in [1.82, 2.24) is 0 Å². The molecule has 0 N–H and O–H groups in total. The van der Waals surface area contributed by atoms with E-state index < -0.39 is 17.5 Å². The Kier molecular flexibility index (Phi) is 8.68. The van der Waals surface area contributed by atoms with Crippen molar-refractivity contribution < 1.29 is 13.2 Å². The Morgan fingerprint density at radius 1 is 0.759 bits per heavy atom. The summed E-state index contributed by atoms with van der Waals surface area (Å²) in [6.07, 6.45) is 20.8. The minimum Gasteiger partial charge on any atom is -0.204 e. The van der Waals surface area contributed by atoms with E-state index in [1.165, 1.54) is 69.9 Å². The lowest BCUT2D eigenvalue weighted by Gasteiger charge is -2.32. The molecule has 2 aliphatic carbocycles. The Hall–Kier alpha value is -1.25. The van der Waals surface area contributed by atoms with Crippen LogP contribution in [-0.4, -0.2) is 0 Å². The largest absolute Gasteiger partial charge is 0.204 e. The SMILES string of the molecule is CCC/C=C/C[C@H]1CC[C@H](CC[C@H]2CC[C@H](c3cc(F)c(F)c(F)c3)CC2)CC1. The van der Waals surface area contributed by atoms with Crippen LogP contribution >= 0.6 is 0 Å². The molecule has 0 unspecified atom stereocenters. The minimum atomic E-state index is -1.35. The first-order valence-electron chi connectivity index (χ1n) is 11.9. The van der Waals surface area contributed by atoms with Crippen LogP contribution in [0.4, 0.5) is 13.2 Å². The standard InChI is InChI=1S/C26H37F3/c1-2-3-4-5-6-19-7-9-20(10-8-19)11-12-21-13-15-22(16-14-21)23-17-24(27)26(29)25(28)18-23/h4-5,17-22H,2-3,6-16H2,1H3/b5-4+/t19-,20-,21-,22-. The van der Waals surface area contributed by atoms with Gasteiger partial charge in [0.25, 0.3) is 0 Å². The van der Waals surface area contributed by atoms with Gasteiger partial charge in [0.05, 0.1) is 0 Å². The molecule has 0 spiro atoms. The summed E-state index contributed by atoms with van der Waals surface area (Å²) in [4.78, 5) is 0. The predicted octanol–water partition coefficient (Wildman–Crippen LogP) is 8.71. The molecule has 2 saturated carbocycles.